The van der Waals surface area contributed by atoms with Gasteiger partial charge in [0.1, 0.15) is 5.10 Å². The quantitative estimate of drug-likeness (QED) is 0.00780. The average molecular weight is 2020 g/mol. The molecule has 12 aromatic rings. The maximum atomic E-state index is 13.9. The molecule has 136 heavy (non-hydrogen) atoms. The number of aromatic nitrogens is 6. The molecule has 700 valence electrons. The molecule has 0 radical (unpaired) electrons. The zero-order valence-corrected chi connectivity index (χ0v) is 82.0. The first-order valence-electron chi connectivity index (χ1n) is 44.1. The van der Waals surface area contributed by atoms with Gasteiger partial charge in [-0.05, 0) is 212 Å². The number of benzene rings is 6. The third-order valence-corrected chi connectivity index (χ3v) is 28.7. The number of thiophene rings is 3. The van der Waals surface area contributed by atoms with Crippen LogP contribution in [0.1, 0.15) is 180 Å². The monoisotopic (exact) mass is 2020 g/mol. The van der Waals surface area contributed by atoms with E-state index in [2.05, 4.69) is 82.6 Å². The molecule has 39 heteroatoms. The van der Waals surface area contributed by atoms with E-state index in [1.165, 1.54) is 43.9 Å². The number of nitrogens with two attached hydrogens (primary N) is 1. The number of hydrogen-bond acceptors (Lipinski definition) is 17. The highest BCUT2D eigenvalue weighted by molar-refractivity contribution is 7.87. The number of nitrogens with one attached hydrogen (secondary N) is 7. The van der Waals surface area contributed by atoms with Crippen LogP contribution in [0.5, 0.6) is 0 Å². The average Bonchev–Trinajstić information content (AvgIpc) is 1.62. The van der Waals surface area contributed by atoms with Crippen molar-refractivity contribution in [3.05, 3.63) is 297 Å². The SMILES string of the molecule is Cc1ccc(C#Cc2ccc(-c3c(CN/C(N)=N/[N+](=O)[O-])c(C(=O)NN4CCCCC4)nn3-c3ccc(Cl)cc3Cl)s2)cc1.Cc1ccc(C#Cc2ccc(-c3c(CNS(=O)(=O)N4CCCC4)c(C(=O)NN4CCCCC4)nn3-c3ccc(Cl)cc3Cl)s2)cc1.[C-]#[N+]NC(=NCc1c(C(=O)NN2CCCCC2)nn(-c2ccc(Cl)cc2Cl)c1-c1ccc(C#Cc2ccc(C)cc2)s1)NC1CC1. The molecule has 4 saturated heterocycles. The molecule has 5 fully saturated rings. The zero-order chi connectivity index (χ0) is 95.5. The van der Waals surface area contributed by atoms with Gasteiger partial charge in [0.2, 0.25) is 0 Å². The smallest absolute Gasteiger partial charge is 0.286 e. The summed E-state index contributed by atoms with van der Waals surface area (Å²) in [6.07, 6.45) is 12.9. The van der Waals surface area contributed by atoms with E-state index in [4.69, 9.17) is 102 Å². The Kier molecular flexibility index (Phi) is 33.5. The van der Waals surface area contributed by atoms with Crippen molar-refractivity contribution < 1.29 is 27.8 Å². The molecule has 0 atom stereocenters. The number of amides is 3. The fourth-order valence-corrected chi connectivity index (χ4v) is 20.8. The number of aliphatic imine (C=N–C) groups is 1. The molecular weight excluding hydrogens is 1930 g/mol. The summed E-state index contributed by atoms with van der Waals surface area (Å²) in [5.41, 5.74) is 28.8. The number of guanidine groups is 2. The van der Waals surface area contributed by atoms with Gasteiger partial charge in [0, 0.05) is 120 Å². The minimum Gasteiger partial charge on any atom is -0.365 e. The second-order valence-corrected chi connectivity index (χ2v) is 40.2. The lowest BCUT2D eigenvalue weighted by atomic mass is 10.1. The number of hydrazone groups is 1. The van der Waals surface area contributed by atoms with E-state index in [1.807, 2.05) is 145 Å². The van der Waals surface area contributed by atoms with Crippen LogP contribution in [0.3, 0.4) is 0 Å². The van der Waals surface area contributed by atoms with Gasteiger partial charge in [-0.25, -0.2) is 44.2 Å². The van der Waals surface area contributed by atoms with Crippen LogP contribution in [-0.4, -0.2) is 150 Å². The van der Waals surface area contributed by atoms with Gasteiger partial charge in [-0.15, -0.1) is 34.0 Å². The summed E-state index contributed by atoms with van der Waals surface area (Å²) in [4.78, 5) is 65.2. The van der Waals surface area contributed by atoms with Gasteiger partial charge in [-0.3, -0.25) is 30.7 Å². The second-order valence-electron chi connectivity index (χ2n) is 32.7. The summed E-state index contributed by atoms with van der Waals surface area (Å²) in [6.45, 7) is 18.6. The van der Waals surface area contributed by atoms with Crippen LogP contribution in [-0.2, 0) is 29.8 Å². The highest BCUT2D eigenvalue weighted by Crippen LogP contribution is 2.42. The molecule has 29 nitrogen and oxygen atoms in total. The normalized spacial score (nSPS) is 14.9. The van der Waals surface area contributed by atoms with Crippen molar-refractivity contribution in [2.24, 2.45) is 15.8 Å². The van der Waals surface area contributed by atoms with Crippen molar-refractivity contribution in [2.45, 2.75) is 130 Å². The maximum absolute atomic E-state index is 13.9. The van der Waals surface area contributed by atoms with Crippen LogP contribution < -0.4 is 42.8 Å². The highest BCUT2D eigenvalue weighted by Gasteiger charge is 2.35. The number of piperidine rings is 3. The van der Waals surface area contributed by atoms with Crippen molar-refractivity contribution in [3.8, 4) is 84.3 Å². The summed E-state index contributed by atoms with van der Waals surface area (Å²) >= 11 is 43.1. The van der Waals surface area contributed by atoms with E-state index in [9.17, 15) is 32.9 Å². The second kappa shape index (κ2) is 46.3. The summed E-state index contributed by atoms with van der Waals surface area (Å²) in [7, 11) is -3.79. The maximum Gasteiger partial charge on any atom is 0.286 e. The van der Waals surface area contributed by atoms with Crippen molar-refractivity contribution in [1.29, 1.82) is 0 Å². The number of carbonyl (C=O) groups excluding carboxylic acids is 3. The Bertz CT molecular complexity index is 6840. The number of halogens is 6. The summed E-state index contributed by atoms with van der Waals surface area (Å²) in [5.74, 6) is 18.1. The number of nitro groups is 1. The van der Waals surface area contributed by atoms with Crippen molar-refractivity contribution in [1.82, 2.24) is 85.7 Å². The first-order chi connectivity index (χ1) is 65.7. The topological polar surface area (TPSA) is 334 Å². The highest BCUT2D eigenvalue weighted by atomic mass is 35.5. The lowest BCUT2D eigenvalue weighted by molar-refractivity contribution is -0.485. The summed E-state index contributed by atoms with van der Waals surface area (Å²) in [6, 6.07) is 51.0. The molecule has 0 spiro atoms. The first kappa shape index (κ1) is 98.6. The minimum atomic E-state index is -3.79. The Morgan fingerprint density at radius 1 is 0.485 bits per heavy atom. The molecule has 1 aliphatic carbocycles. The molecular formula is C97H94Cl6N22O7S4. The fourth-order valence-electron chi connectivity index (χ4n) is 15.4. The van der Waals surface area contributed by atoms with Gasteiger partial charge < -0.3 is 16.4 Å². The van der Waals surface area contributed by atoms with Crippen LogP contribution >= 0.6 is 104 Å². The molecule has 3 amide bonds. The zero-order valence-electron chi connectivity index (χ0n) is 74.2. The largest absolute Gasteiger partial charge is 0.365 e. The van der Waals surface area contributed by atoms with Crippen LogP contribution in [0.4, 0.5) is 0 Å². The van der Waals surface area contributed by atoms with Crippen LogP contribution in [0, 0.1) is 73.0 Å². The lowest BCUT2D eigenvalue weighted by Gasteiger charge is -2.26. The Labute approximate surface area is 830 Å². The van der Waals surface area contributed by atoms with Gasteiger partial charge in [-0.2, -0.15) is 44.3 Å². The van der Waals surface area contributed by atoms with Crippen LogP contribution in [0.2, 0.25) is 30.1 Å². The Morgan fingerprint density at radius 3 is 1.18 bits per heavy atom. The molecule has 6 aromatic heterocycles. The van der Waals surface area contributed by atoms with Gasteiger partial charge in [0.05, 0.1) is 85.0 Å². The van der Waals surface area contributed by atoms with Crippen molar-refractivity contribution in [2.75, 3.05) is 52.4 Å². The first-order valence-corrected chi connectivity index (χ1v) is 50.3. The third kappa shape index (κ3) is 26.0. The Hall–Kier alpha value is -11.9. The molecule has 10 heterocycles. The van der Waals surface area contributed by atoms with E-state index < -0.39 is 33.0 Å². The molecule has 17 rings (SSSR count). The lowest BCUT2D eigenvalue weighted by Crippen LogP contribution is -2.45. The Morgan fingerprint density at radius 2 is 0.831 bits per heavy atom. The van der Waals surface area contributed by atoms with E-state index in [0.29, 0.717) is 113 Å². The molecule has 4 aliphatic heterocycles. The predicted octanol–water partition coefficient (Wildman–Crippen LogP) is 18.3. The number of hydrogen-bond donors (Lipinski definition) is 8. The van der Waals surface area contributed by atoms with Gasteiger partial charge in [-0.1, -0.05) is 183 Å². The number of carbonyl (C=O) groups is 3. The minimum absolute atomic E-state index is 0.0865. The van der Waals surface area contributed by atoms with E-state index >= 15 is 0 Å². The van der Waals surface area contributed by atoms with Gasteiger partial charge >= 0.3 is 0 Å². The molecule has 0 bridgehead atoms. The van der Waals surface area contributed by atoms with Crippen molar-refractivity contribution in [3.63, 3.8) is 0 Å². The van der Waals surface area contributed by atoms with Gasteiger partial charge in [0.25, 0.3) is 39.8 Å². The number of aryl methyl sites for hydroxylation is 3. The molecule has 0 unspecified atom stereocenters. The van der Waals surface area contributed by atoms with E-state index in [1.54, 1.807) is 68.6 Å². The summed E-state index contributed by atoms with van der Waals surface area (Å²) < 4.78 is 35.6. The summed E-state index contributed by atoms with van der Waals surface area (Å²) in [5, 5.41) is 41.7. The number of nitrogens with zero attached hydrogens (tertiary/aromatic N) is 14. The van der Waals surface area contributed by atoms with Crippen LogP contribution in [0.15, 0.2) is 174 Å². The van der Waals surface area contributed by atoms with Crippen molar-refractivity contribution >= 4 is 143 Å². The van der Waals surface area contributed by atoms with E-state index in [0.717, 1.165) is 167 Å². The molecule has 6 aromatic carbocycles. The molecule has 1 saturated carbocycles. The molecule has 9 N–H and O–H groups in total. The van der Waals surface area contributed by atoms with Gasteiger partial charge in [0.15, 0.2) is 22.1 Å². The Balaban J connectivity index is 0.000000155. The van der Waals surface area contributed by atoms with E-state index in [-0.39, 0.29) is 48.7 Å². The number of rotatable bonds is 22. The number of hydrazine groups is 3. The predicted molar refractivity (Wildman–Crippen MR) is 540 cm³/mol. The third-order valence-electron chi connectivity index (χ3n) is 22.5. The standard InChI is InChI=1S/C34H32Cl2N8OS.C33H34Cl2N6O3S2.C30H28Cl2N8O3S/c1-22-6-8-23(9-7-22)10-14-26-15-17-30(46-26)32-27(21-38-34(40-37-2)39-25-12-13-25)31(33(45)42-43-18-4-3-5-19-43)41-44(32)29-16-11-24(35)20-28(29)36;1-23-7-9-24(10-8-23)11-13-26-14-16-30(45-26)32-27(22-36-46(43,44)40-19-5-6-20-40)31(33(42)38-39-17-3-2-4-18-39)37-41(32)29-15-12-25(34)21-28(29)35;1-19-5-7-20(8-6-19)9-11-22-12-14-26(44-22)28-23(18-34-30(33)37-40(42)43)27(29(41)36-38-15-3-2-4-16-38)35-39(28)25-13-10-21(31)17-24(25)32/h6-9,11,15-17,20,25H,3-5,12-13,18-19,21H2,1H3,(H,42,45)(H2,38,39,40);7-10,12,14-16,21,36H,2-6,17-20,22H2,1H3,(H,38,42);5-8,10,12-14,17H,2-4,15-16,18H2,1H3,(H,36,41)(H3,33,34,37). The van der Waals surface area contributed by atoms with Crippen LogP contribution in [0.25, 0.3) is 53.7 Å². The molecule has 5 aliphatic rings. The fraction of sp³-hybridized carbons (Fsp3) is 0.289.